The number of urea groups is 1. The van der Waals surface area contributed by atoms with Gasteiger partial charge in [0.25, 0.3) is 0 Å². The number of fused-ring (bicyclic) bond motifs is 1. The van der Waals surface area contributed by atoms with Crippen LogP contribution in [-0.4, -0.2) is 49.9 Å². The van der Waals surface area contributed by atoms with Crippen LogP contribution in [-0.2, 0) is 16.1 Å². The van der Waals surface area contributed by atoms with Gasteiger partial charge in [0, 0.05) is 5.70 Å². The van der Waals surface area contributed by atoms with Crippen LogP contribution in [0.3, 0.4) is 0 Å². The van der Waals surface area contributed by atoms with E-state index in [0.717, 1.165) is 21.9 Å². The molecule has 1 aliphatic rings. The van der Waals surface area contributed by atoms with Crippen LogP contribution in [0.25, 0.3) is 10.8 Å². The van der Waals surface area contributed by atoms with Crippen LogP contribution in [0.2, 0.25) is 0 Å². The zero-order chi connectivity index (χ0) is 32.5. The molecule has 0 bridgehead atoms. The number of nitrogens with zero attached hydrogens (tertiary/aromatic N) is 1. The van der Waals surface area contributed by atoms with E-state index in [-0.39, 0.29) is 12.2 Å². The minimum absolute atomic E-state index is 0.137. The minimum Gasteiger partial charge on any atom is -0.490 e. The first kappa shape index (κ1) is 31.9. The highest BCUT2D eigenvalue weighted by Crippen LogP contribution is 2.35. The Hall–Kier alpha value is -5.55. The second-order valence-corrected chi connectivity index (χ2v) is 10.4. The first-order chi connectivity index (χ1) is 22.4. The molecule has 1 aliphatic heterocycles. The molecule has 0 spiro atoms. The molecule has 238 valence electrons. The topological polar surface area (TPSA) is 140 Å². The van der Waals surface area contributed by atoms with Gasteiger partial charge >= 0.3 is 12.0 Å². The number of rotatable bonds is 13. The van der Waals surface area contributed by atoms with Gasteiger partial charge < -0.3 is 34.7 Å². The van der Waals surface area contributed by atoms with E-state index in [2.05, 4.69) is 45.4 Å². The summed E-state index contributed by atoms with van der Waals surface area (Å²) < 4.78 is 22.6. The fourth-order valence-electron chi connectivity index (χ4n) is 5.08. The number of aliphatic hydroxyl groups is 1. The van der Waals surface area contributed by atoms with Gasteiger partial charge in [0.05, 0.1) is 31.5 Å². The van der Waals surface area contributed by atoms with Crippen LogP contribution >= 0.6 is 0 Å². The average molecular weight is 625 g/mol. The highest BCUT2D eigenvalue weighted by Gasteiger charge is 2.32. The number of methoxy groups -OCH3 is 1. The standard InChI is InChI=1S/C35H36N4O7/c1-4-44-30-18-25(33-32(34(41)43-3)22(2)37-35(42)38-33)15-16-29(30)46-21-31(40)39-36-19-23-9-7-13-27(17-23)45-20-26-12-8-11-24-10-5-6-14-28(24)26/h5-19,31,33,39-40H,4,20-21H2,1-3H3,(H2,37,38,42)/b36-19+/t31-,33+/m1/s1. The van der Waals surface area contributed by atoms with Crippen molar-refractivity contribution < 1.29 is 33.6 Å². The molecule has 2 atom stereocenters. The fourth-order valence-corrected chi connectivity index (χ4v) is 5.08. The minimum atomic E-state index is -1.13. The summed E-state index contributed by atoms with van der Waals surface area (Å²) in [5.74, 6) is 0.877. The summed E-state index contributed by atoms with van der Waals surface area (Å²) in [7, 11) is 1.28. The molecule has 4 aromatic carbocycles. The summed E-state index contributed by atoms with van der Waals surface area (Å²) in [5, 5.41) is 22.3. The van der Waals surface area contributed by atoms with Gasteiger partial charge in [0.2, 0.25) is 0 Å². The molecule has 0 saturated carbocycles. The number of hydrogen-bond donors (Lipinski definition) is 4. The van der Waals surface area contributed by atoms with Crippen molar-refractivity contribution in [2.24, 2.45) is 5.10 Å². The Bertz CT molecular complexity index is 1770. The normalized spacial score (nSPS) is 15.2. The van der Waals surface area contributed by atoms with E-state index in [4.69, 9.17) is 18.9 Å². The molecule has 2 amide bonds. The maximum atomic E-state index is 12.5. The summed E-state index contributed by atoms with van der Waals surface area (Å²) in [6.07, 6.45) is 0.451. The second kappa shape index (κ2) is 15.0. The maximum absolute atomic E-state index is 12.5. The summed E-state index contributed by atoms with van der Waals surface area (Å²) in [6.45, 7) is 4.08. The predicted molar refractivity (Wildman–Crippen MR) is 174 cm³/mol. The maximum Gasteiger partial charge on any atom is 0.337 e. The Morgan fingerprint density at radius 3 is 2.63 bits per heavy atom. The molecule has 11 heteroatoms. The van der Waals surface area contributed by atoms with Gasteiger partial charge in [-0.1, -0.05) is 60.7 Å². The van der Waals surface area contributed by atoms with Gasteiger partial charge in [-0.2, -0.15) is 5.10 Å². The van der Waals surface area contributed by atoms with E-state index >= 15 is 0 Å². The molecule has 4 aromatic rings. The van der Waals surface area contributed by atoms with Gasteiger partial charge in [-0.3, -0.25) is 5.43 Å². The Balaban J connectivity index is 1.18. The van der Waals surface area contributed by atoms with E-state index in [0.29, 0.717) is 41.7 Å². The Morgan fingerprint density at radius 2 is 1.80 bits per heavy atom. The van der Waals surface area contributed by atoms with Crippen molar-refractivity contribution in [1.29, 1.82) is 0 Å². The highest BCUT2D eigenvalue weighted by molar-refractivity contribution is 5.95. The van der Waals surface area contributed by atoms with Crippen LogP contribution < -0.4 is 30.3 Å². The van der Waals surface area contributed by atoms with E-state index in [1.54, 1.807) is 31.3 Å². The number of aliphatic hydroxyl groups excluding tert-OH is 1. The lowest BCUT2D eigenvalue weighted by atomic mass is 9.95. The van der Waals surface area contributed by atoms with Gasteiger partial charge in [-0.25, -0.2) is 9.59 Å². The number of benzene rings is 4. The zero-order valence-corrected chi connectivity index (χ0v) is 25.8. The summed E-state index contributed by atoms with van der Waals surface area (Å²) in [5.41, 5.74) is 5.80. The lowest BCUT2D eigenvalue weighted by Gasteiger charge is -2.28. The third kappa shape index (κ3) is 7.74. The van der Waals surface area contributed by atoms with E-state index in [1.807, 2.05) is 49.4 Å². The first-order valence-corrected chi connectivity index (χ1v) is 14.8. The number of carbonyl (C=O) groups excluding carboxylic acids is 2. The number of hydrogen-bond acceptors (Lipinski definition) is 9. The van der Waals surface area contributed by atoms with Crippen molar-refractivity contribution in [2.45, 2.75) is 32.7 Å². The van der Waals surface area contributed by atoms with Gasteiger partial charge in [0.15, 0.2) is 17.7 Å². The van der Waals surface area contributed by atoms with E-state index in [9.17, 15) is 14.7 Å². The molecule has 11 nitrogen and oxygen atoms in total. The summed E-state index contributed by atoms with van der Waals surface area (Å²) >= 11 is 0. The van der Waals surface area contributed by atoms with Crippen molar-refractivity contribution in [2.75, 3.05) is 20.3 Å². The number of carbonyl (C=O) groups is 2. The third-order valence-electron chi connectivity index (χ3n) is 7.24. The van der Waals surface area contributed by atoms with Crippen molar-refractivity contribution in [3.63, 3.8) is 0 Å². The number of esters is 1. The van der Waals surface area contributed by atoms with Crippen molar-refractivity contribution >= 4 is 29.0 Å². The third-order valence-corrected chi connectivity index (χ3v) is 7.24. The lowest BCUT2D eigenvalue weighted by Crippen LogP contribution is -2.45. The molecule has 5 rings (SSSR count). The number of hydrazone groups is 1. The first-order valence-electron chi connectivity index (χ1n) is 14.8. The summed E-state index contributed by atoms with van der Waals surface area (Å²) in [6, 6.07) is 25.7. The number of nitrogens with one attached hydrogen (secondary N) is 3. The Morgan fingerprint density at radius 1 is 1.00 bits per heavy atom. The molecule has 0 unspecified atom stereocenters. The monoisotopic (exact) mass is 624 g/mol. The molecule has 0 saturated heterocycles. The Labute approximate surface area is 266 Å². The fraction of sp³-hybridized carbons (Fsp3) is 0.229. The molecular formula is C35H36N4O7. The average Bonchev–Trinajstić information content (AvgIpc) is 3.06. The van der Waals surface area contributed by atoms with Gasteiger partial charge in [0.1, 0.15) is 19.0 Å². The largest absolute Gasteiger partial charge is 0.490 e. The number of allylic oxidation sites excluding steroid dienone is 1. The molecule has 4 N–H and O–H groups in total. The van der Waals surface area contributed by atoms with Crippen molar-refractivity contribution in [1.82, 2.24) is 16.1 Å². The molecule has 0 aromatic heterocycles. The summed E-state index contributed by atoms with van der Waals surface area (Å²) in [4.78, 5) is 24.6. The zero-order valence-electron chi connectivity index (χ0n) is 25.8. The van der Waals surface area contributed by atoms with Crippen LogP contribution in [0.15, 0.2) is 101 Å². The van der Waals surface area contributed by atoms with E-state index < -0.39 is 24.3 Å². The SMILES string of the molecule is CCOc1cc([C@@H]2NC(=O)NC(C)=C2C(=O)OC)ccc1OC[C@@H](O)N/N=C/c1cccc(OCc2cccc3ccccc23)c1. The van der Waals surface area contributed by atoms with Gasteiger partial charge in [-0.15, -0.1) is 0 Å². The molecule has 0 aliphatic carbocycles. The van der Waals surface area contributed by atoms with Crippen LogP contribution in [0, 0.1) is 0 Å². The van der Waals surface area contributed by atoms with Crippen molar-refractivity contribution in [3.8, 4) is 17.2 Å². The van der Waals surface area contributed by atoms with Crippen LogP contribution in [0.4, 0.5) is 4.79 Å². The molecule has 46 heavy (non-hydrogen) atoms. The highest BCUT2D eigenvalue weighted by atomic mass is 16.5. The number of amides is 2. The molecule has 0 radical (unpaired) electrons. The Kier molecular flexibility index (Phi) is 10.4. The lowest BCUT2D eigenvalue weighted by molar-refractivity contribution is -0.136. The molecule has 1 heterocycles. The molecular weight excluding hydrogens is 588 g/mol. The van der Waals surface area contributed by atoms with Crippen LogP contribution in [0.5, 0.6) is 17.2 Å². The molecule has 0 fully saturated rings. The van der Waals surface area contributed by atoms with E-state index in [1.165, 1.54) is 7.11 Å². The van der Waals surface area contributed by atoms with Crippen LogP contribution in [0.1, 0.15) is 36.6 Å². The van der Waals surface area contributed by atoms with Gasteiger partial charge in [-0.05, 0) is 65.6 Å². The second-order valence-electron chi connectivity index (χ2n) is 10.4. The number of ether oxygens (including phenoxy) is 4. The van der Waals surface area contributed by atoms with Crippen molar-refractivity contribution in [3.05, 3.63) is 113 Å². The predicted octanol–water partition coefficient (Wildman–Crippen LogP) is 4.94. The smallest absolute Gasteiger partial charge is 0.337 e. The quantitative estimate of drug-likeness (QED) is 0.0710.